The summed E-state index contributed by atoms with van der Waals surface area (Å²) >= 11 is 0. The Labute approximate surface area is 160 Å². The van der Waals surface area contributed by atoms with Crippen molar-refractivity contribution in [3.63, 3.8) is 0 Å². The zero-order chi connectivity index (χ0) is 19.3. The molecule has 1 atom stereocenters. The van der Waals surface area contributed by atoms with Crippen molar-refractivity contribution in [3.05, 3.63) is 66.2 Å². The van der Waals surface area contributed by atoms with E-state index in [-0.39, 0.29) is 24.0 Å². The quantitative estimate of drug-likeness (QED) is 0.785. The first-order valence-electron chi connectivity index (χ1n) is 9.04. The number of amides is 1. The lowest BCUT2D eigenvalue weighted by molar-refractivity contribution is -0.135. The Kier molecular flexibility index (Phi) is 6.26. The van der Waals surface area contributed by atoms with Crippen LogP contribution in [0.5, 0.6) is 0 Å². The lowest BCUT2D eigenvalue weighted by atomic mass is 10.1. The summed E-state index contributed by atoms with van der Waals surface area (Å²) in [5.74, 6) is -0.259. The average molecular weight is 388 g/mol. The molecular formula is C20H24N2O4S. The maximum Gasteiger partial charge on any atom is 0.243 e. The van der Waals surface area contributed by atoms with Gasteiger partial charge in [0, 0.05) is 19.6 Å². The zero-order valence-corrected chi connectivity index (χ0v) is 15.9. The predicted octanol–water partition coefficient (Wildman–Crippen LogP) is 1.86. The number of hydrogen-bond acceptors (Lipinski definition) is 4. The highest BCUT2D eigenvalue weighted by Gasteiger charge is 2.41. The van der Waals surface area contributed by atoms with Gasteiger partial charge in [-0.25, -0.2) is 8.42 Å². The summed E-state index contributed by atoms with van der Waals surface area (Å²) < 4.78 is 27.3. The molecule has 0 aliphatic carbocycles. The van der Waals surface area contributed by atoms with Crippen LogP contribution in [0.25, 0.3) is 0 Å². The van der Waals surface area contributed by atoms with Crippen molar-refractivity contribution >= 4 is 15.9 Å². The van der Waals surface area contributed by atoms with E-state index in [1.807, 2.05) is 30.3 Å². The normalized spacial score (nSPS) is 17.7. The molecule has 0 bridgehead atoms. The molecule has 0 aromatic heterocycles. The second-order valence-corrected chi connectivity index (χ2v) is 8.45. The monoisotopic (exact) mass is 388 g/mol. The van der Waals surface area contributed by atoms with Crippen molar-refractivity contribution in [1.29, 1.82) is 0 Å². The summed E-state index contributed by atoms with van der Waals surface area (Å²) in [5, 5.41) is 9.38. The van der Waals surface area contributed by atoms with E-state index in [1.165, 1.54) is 4.31 Å². The number of aliphatic hydroxyl groups is 1. The molecule has 1 amide bonds. The van der Waals surface area contributed by atoms with Crippen molar-refractivity contribution in [2.75, 3.05) is 19.7 Å². The van der Waals surface area contributed by atoms with Crippen molar-refractivity contribution in [3.8, 4) is 0 Å². The lowest BCUT2D eigenvalue weighted by Crippen LogP contribution is -2.48. The maximum absolute atomic E-state index is 13.1. The third-order valence-electron chi connectivity index (χ3n) is 4.74. The summed E-state index contributed by atoms with van der Waals surface area (Å²) in [4.78, 5) is 14.9. The Morgan fingerprint density at radius 3 is 2.33 bits per heavy atom. The van der Waals surface area contributed by atoms with Gasteiger partial charge in [-0.15, -0.1) is 0 Å². The Bertz CT molecular complexity index is 856. The van der Waals surface area contributed by atoms with E-state index >= 15 is 0 Å². The van der Waals surface area contributed by atoms with Crippen LogP contribution in [0.1, 0.15) is 18.4 Å². The van der Waals surface area contributed by atoms with Crippen LogP contribution in [0, 0.1) is 0 Å². The summed E-state index contributed by atoms with van der Waals surface area (Å²) in [7, 11) is -3.73. The first-order chi connectivity index (χ1) is 13.0. The molecular weight excluding hydrogens is 364 g/mol. The minimum absolute atomic E-state index is 0.170. The topological polar surface area (TPSA) is 77.9 Å². The van der Waals surface area contributed by atoms with Gasteiger partial charge in [0.2, 0.25) is 15.9 Å². The highest BCUT2D eigenvalue weighted by Crippen LogP contribution is 2.27. The number of carbonyl (C=O) groups is 1. The van der Waals surface area contributed by atoms with Crippen molar-refractivity contribution < 1.29 is 18.3 Å². The van der Waals surface area contributed by atoms with Crippen LogP contribution in [0.15, 0.2) is 65.6 Å². The summed E-state index contributed by atoms with van der Waals surface area (Å²) in [6, 6.07) is 17.0. The van der Waals surface area contributed by atoms with E-state index < -0.39 is 16.1 Å². The highest BCUT2D eigenvalue weighted by atomic mass is 32.2. The molecule has 7 heteroatoms. The van der Waals surface area contributed by atoms with E-state index in [2.05, 4.69) is 0 Å². The number of aliphatic hydroxyl groups excluding tert-OH is 1. The number of benzene rings is 2. The van der Waals surface area contributed by atoms with Crippen molar-refractivity contribution in [2.45, 2.75) is 30.3 Å². The molecule has 1 aliphatic rings. The summed E-state index contributed by atoms with van der Waals surface area (Å²) in [6.45, 7) is 0.669. The Balaban J connectivity index is 1.83. The predicted molar refractivity (Wildman–Crippen MR) is 102 cm³/mol. The van der Waals surface area contributed by atoms with Gasteiger partial charge in [0.1, 0.15) is 6.04 Å². The van der Waals surface area contributed by atoms with Crippen LogP contribution in [-0.2, 0) is 21.4 Å². The second kappa shape index (κ2) is 8.65. The van der Waals surface area contributed by atoms with Crippen molar-refractivity contribution in [2.24, 2.45) is 0 Å². The second-order valence-electron chi connectivity index (χ2n) is 6.56. The largest absolute Gasteiger partial charge is 0.395 e. The van der Waals surface area contributed by atoms with Crippen LogP contribution < -0.4 is 0 Å². The van der Waals surface area contributed by atoms with Gasteiger partial charge in [-0.3, -0.25) is 4.79 Å². The van der Waals surface area contributed by atoms with Gasteiger partial charge in [0.05, 0.1) is 11.5 Å². The average Bonchev–Trinajstić information content (AvgIpc) is 3.19. The molecule has 2 aromatic carbocycles. The molecule has 1 unspecified atom stereocenters. The molecule has 1 N–H and O–H groups in total. The van der Waals surface area contributed by atoms with Gasteiger partial charge in [-0.1, -0.05) is 48.5 Å². The van der Waals surface area contributed by atoms with Gasteiger partial charge in [-0.2, -0.15) is 4.31 Å². The number of rotatable bonds is 7. The van der Waals surface area contributed by atoms with Crippen LogP contribution in [0.4, 0.5) is 0 Å². The summed E-state index contributed by atoms with van der Waals surface area (Å²) in [6.07, 6.45) is 1.13. The molecule has 3 rings (SSSR count). The molecule has 1 aliphatic heterocycles. The molecule has 0 saturated carbocycles. The molecule has 0 radical (unpaired) electrons. The number of carbonyl (C=O) groups excluding carboxylic acids is 1. The minimum Gasteiger partial charge on any atom is -0.395 e. The molecule has 2 aromatic rings. The molecule has 6 nitrogen and oxygen atoms in total. The number of sulfonamides is 1. The van der Waals surface area contributed by atoms with Gasteiger partial charge in [0.25, 0.3) is 0 Å². The molecule has 0 spiro atoms. The first-order valence-corrected chi connectivity index (χ1v) is 10.5. The van der Waals surface area contributed by atoms with Gasteiger partial charge >= 0.3 is 0 Å². The molecule has 1 fully saturated rings. The van der Waals surface area contributed by atoms with Gasteiger partial charge < -0.3 is 10.0 Å². The van der Waals surface area contributed by atoms with E-state index in [9.17, 15) is 18.3 Å². The third-order valence-corrected chi connectivity index (χ3v) is 6.66. The van der Waals surface area contributed by atoms with E-state index in [4.69, 9.17) is 0 Å². The minimum atomic E-state index is -3.73. The smallest absolute Gasteiger partial charge is 0.243 e. The molecule has 1 heterocycles. The third kappa shape index (κ3) is 4.37. The molecule has 1 saturated heterocycles. The van der Waals surface area contributed by atoms with Gasteiger partial charge in [-0.05, 0) is 30.5 Å². The van der Waals surface area contributed by atoms with Crippen molar-refractivity contribution in [1.82, 2.24) is 9.21 Å². The van der Waals surface area contributed by atoms with E-state index in [0.29, 0.717) is 25.9 Å². The Morgan fingerprint density at radius 2 is 1.70 bits per heavy atom. The SMILES string of the molecule is O=C(C1CCCN1S(=O)(=O)c1ccccc1)N(CCO)Cc1ccccc1. The van der Waals surface area contributed by atoms with Crippen LogP contribution in [0.2, 0.25) is 0 Å². The van der Waals surface area contributed by atoms with Crippen LogP contribution >= 0.6 is 0 Å². The lowest BCUT2D eigenvalue weighted by Gasteiger charge is -2.29. The number of hydrogen-bond donors (Lipinski definition) is 1. The maximum atomic E-state index is 13.1. The summed E-state index contributed by atoms with van der Waals surface area (Å²) in [5.41, 5.74) is 0.940. The van der Waals surface area contributed by atoms with Crippen LogP contribution in [-0.4, -0.2) is 54.4 Å². The molecule has 27 heavy (non-hydrogen) atoms. The Hall–Kier alpha value is -2.22. The standard InChI is InChI=1S/C20H24N2O4S/c23-15-14-21(16-17-8-3-1-4-9-17)20(24)19-12-7-13-22(19)27(25,26)18-10-5-2-6-11-18/h1-6,8-11,19,23H,7,12-16H2. The first kappa shape index (κ1) is 19.5. The fraction of sp³-hybridized carbons (Fsp3) is 0.350. The van der Waals surface area contributed by atoms with E-state index in [0.717, 1.165) is 5.56 Å². The number of nitrogens with zero attached hydrogens (tertiary/aromatic N) is 2. The van der Waals surface area contributed by atoms with E-state index in [1.54, 1.807) is 35.2 Å². The highest BCUT2D eigenvalue weighted by molar-refractivity contribution is 7.89. The van der Waals surface area contributed by atoms with Crippen LogP contribution in [0.3, 0.4) is 0 Å². The molecule has 144 valence electrons. The zero-order valence-electron chi connectivity index (χ0n) is 15.1. The van der Waals surface area contributed by atoms with Gasteiger partial charge in [0.15, 0.2) is 0 Å². The Morgan fingerprint density at radius 1 is 1.07 bits per heavy atom. The fourth-order valence-electron chi connectivity index (χ4n) is 3.40. The fourth-order valence-corrected chi connectivity index (χ4v) is 5.08.